The van der Waals surface area contributed by atoms with Crippen LogP contribution in [-0.2, 0) is 22.8 Å². The molecule has 0 amide bonds. The first-order valence-corrected chi connectivity index (χ1v) is 11.0. The molecule has 0 aromatic rings. The van der Waals surface area contributed by atoms with Crippen LogP contribution in [0.25, 0.3) is 0 Å². The number of nitrogens with zero attached hydrogens (tertiary/aromatic N) is 1. The summed E-state index contributed by atoms with van der Waals surface area (Å²) in [5, 5.41) is 0. The lowest BCUT2D eigenvalue weighted by molar-refractivity contribution is 0.0575. The normalized spacial score (nSPS) is 25.6. The number of hydrogen-bond acceptors (Lipinski definition) is 6. The molecule has 2 saturated heterocycles. The fourth-order valence-corrected chi connectivity index (χ4v) is 6.03. The van der Waals surface area contributed by atoms with E-state index in [9.17, 15) is 0 Å². The summed E-state index contributed by atoms with van der Waals surface area (Å²) in [4.78, 5) is 2.55. The molecule has 0 saturated carbocycles. The molecule has 0 aromatic heterocycles. The van der Waals surface area contributed by atoms with Gasteiger partial charge in [0.2, 0.25) is 0 Å². The van der Waals surface area contributed by atoms with Gasteiger partial charge in [0.05, 0.1) is 13.2 Å². The highest BCUT2D eigenvalue weighted by Gasteiger charge is 2.42. The Kier molecular flexibility index (Phi) is 8.46. The van der Waals surface area contributed by atoms with E-state index in [1.807, 2.05) is 20.8 Å². The van der Waals surface area contributed by atoms with Crippen LogP contribution in [0.15, 0.2) is 0 Å². The molecule has 0 spiro atoms. The van der Waals surface area contributed by atoms with Crippen molar-refractivity contribution in [2.75, 3.05) is 52.8 Å². The van der Waals surface area contributed by atoms with E-state index in [2.05, 4.69) is 4.90 Å². The quantitative estimate of drug-likeness (QED) is 0.532. The van der Waals surface area contributed by atoms with Gasteiger partial charge >= 0.3 is 8.80 Å². The zero-order valence-corrected chi connectivity index (χ0v) is 15.9. The van der Waals surface area contributed by atoms with E-state index in [4.69, 9.17) is 22.8 Å². The van der Waals surface area contributed by atoms with Crippen molar-refractivity contribution in [2.45, 2.75) is 51.7 Å². The molecule has 2 atom stereocenters. The van der Waals surface area contributed by atoms with Crippen molar-refractivity contribution < 1.29 is 22.8 Å². The molecule has 2 aliphatic rings. The van der Waals surface area contributed by atoms with E-state index >= 15 is 0 Å². The Bertz CT molecular complexity index is 289. The molecular weight excluding hydrogens is 314 g/mol. The van der Waals surface area contributed by atoms with Crippen LogP contribution in [-0.4, -0.2) is 78.6 Å². The smallest absolute Gasteiger partial charge is 0.380 e. The van der Waals surface area contributed by atoms with Crippen LogP contribution < -0.4 is 0 Å². The summed E-state index contributed by atoms with van der Waals surface area (Å²) in [6, 6.07) is 1.80. The van der Waals surface area contributed by atoms with E-state index in [0.29, 0.717) is 31.9 Å². The SMILES string of the molecule is CCO[Si](CCN(C1CCOC1)C1CCOC1)(OCC)OCC. The first-order valence-electron chi connectivity index (χ1n) is 9.07. The van der Waals surface area contributed by atoms with Crippen molar-refractivity contribution in [1.29, 1.82) is 0 Å². The zero-order valence-electron chi connectivity index (χ0n) is 14.9. The van der Waals surface area contributed by atoms with Crippen molar-refractivity contribution in [3.63, 3.8) is 0 Å². The summed E-state index contributed by atoms with van der Waals surface area (Å²) in [5.41, 5.74) is 0. The maximum atomic E-state index is 5.99. The molecular formula is C16H33NO5Si. The first kappa shape index (κ1) is 19.3. The third-order valence-electron chi connectivity index (χ3n) is 4.52. The van der Waals surface area contributed by atoms with Crippen molar-refractivity contribution in [3.05, 3.63) is 0 Å². The molecule has 2 heterocycles. The second-order valence-electron chi connectivity index (χ2n) is 6.00. The maximum absolute atomic E-state index is 5.99. The van der Waals surface area contributed by atoms with Crippen LogP contribution in [0.2, 0.25) is 6.04 Å². The number of rotatable bonds is 11. The summed E-state index contributed by atoms with van der Waals surface area (Å²) in [7, 11) is -2.58. The van der Waals surface area contributed by atoms with E-state index in [1.165, 1.54) is 0 Å². The van der Waals surface area contributed by atoms with Gasteiger partial charge in [-0.2, -0.15) is 0 Å². The molecule has 6 nitrogen and oxygen atoms in total. The first-order chi connectivity index (χ1) is 11.2. The maximum Gasteiger partial charge on any atom is 0.502 e. The summed E-state index contributed by atoms with van der Waals surface area (Å²) in [6.45, 7) is 12.2. The largest absolute Gasteiger partial charge is 0.502 e. The van der Waals surface area contributed by atoms with Crippen LogP contribution in [0, 0.1) is 0 Å². The molecule has 136 valence electrons. The Labute approximate surface area is 141 Å². The van der Waals surface area contributed by atoms with Crippen LogP contribution >= 0.6 is 0 Å². The molecule has 23 heavy (non-hydrogen) atoms. The lowest BCUT2D eigenvalue weighted by atomic mass is 10.1. The van der Waals surface area contributed by atoms with E-state index < -0.39 is 8.80 Å². The van der Waals surface area contributed by atoms with Gasteiger partial charge in [0.25, 0.3) is 0 Å². The third kappa shape index (κ3) is 5.49. The number of hydrogen-bond donors (Lipinski definition) is 0. The van der Waals surface area contributed by atoms with Gasteiger partial charge in [-0.15, -0.1) is 0 Å². The van der Waals surface area contributed by atoms with Gasteiger partial charge in [-0.3, -0.25) is 4.90 Å². The average Bonchev–Trinajstić information content (AvgIpc) is 3.22. The predicted molar refractivity (Wildman–Crippen MR) is 90.6 cm³/mol. The van der Waals surface area contributed by atoms with Crippen LogP contribution in [0.1, 0.15) is 33.6 Å². The zero-order chi connectivity index (χ0) is 16.5. The summed E-state index contributed by atoms with van der Waals surface area (Å²) >= 11 is 0. The minimum atomic E-state index is -2.58. The lowest BCUT2D eigenvalue weighted by Gasteiger charge is -2.36. The molecule has 0 radical (unpaired) electrons. The highest BCUT2D eigenvalue weighted by Crippen LogP contribution is 2.24. The van der Waals surface area contributed by atoms with E-state index in [0.717, 1.165) is 51.9 Å². The standard InChI is InChI=1S/C16H33NO5Si/c1-4-20-23(21-5-2,22-6-3)12-9-17(15-7-10-18-13-15)16-8-11-19-14-16/h15-16H,4-14H2,1-3H3. The molecule has 2 unspecified atom stereocenters. The van der Waals surface area contributed by atoms with Crippen molar-refractivity contribution in [1.82, 2.24) is 4.90 Å². The molecule has 0 bridgehead atoms. The highest BCUT2D eigenvalue weighted by molar-refractivity contribution is 6.60. The minimum absolute atomic E-state index is 0.485. The van der Waals surface area contributed by atoms with Gasteiger partial charge in [0.1, 0.15) is 0 Å². The fraction of sp³-hybridized carbons (Fsp3) is 1.00. The second-order valence-corrected chi connectivity index (χ2v) is 8.74. The summed E-state index contributed by atoms with van der Waals surface area (Å²) in [5.74, 6) is 0. The van der Waals surface area contributed by atoms with Gasteiger partial charge in [0, 0.05) is 57.7 Å². The fourth-order valence-electron chi connectivity index (χ4n) is 3.50. The molecule has 2 fully saturated rings. The van der Waals surface area contributed by atoms with Crippen LogP contribution in [0.3, 0.4) is 0 Å². The van der Waals surface area contributed by atoms with Gasteiger partial charge in [-0.1, -0.05) is 0 Å². The van der Waals surface area contributed by atoms with Gasteiger partial charge in [-0.25, -0.2) is 0 Å². The molecule has 0 aliphatic carbocycles. The second kappa shape index (κ2) is 10.1. The highest BCUT2D eigenvalue weighted by atomic mass is 28.4. The Hall–Kier alpha value is -0.0231. The summed E-state index contributed by atoms with van der Waals surface area (Å²) < 4.78 is 29.2. The monoisotopic (exact) mass is 347 g/mol. The van der Waals surface area contributed by atoms with Crippen LogP contribution in [0.4, 0.5) is 0 Å². The molecule has 7 heteroatoms. The molecule has 2 rings (SSSR count). The average molecular weight is 348 g/mol. The Morgan fingerprint density at radius 3 is 1.70 bits per heavy atom. The Morgan fingerprint density at radius 2 is 1.35 bits per heavy atom. The van der Waals surface area contributed by atoms with E-state index in [-0.39, 0.29) is 0 Å². The van der Waals surface area contributed by atoms with Crippen molar-refractivity contribution >= 4 is 8.80 Å². The summed E-state index contributed by atoms with van der Waals surface area (Å²) in [6.07, 6.45) is 2.20. The molecule has 0 N–H and O–H groups in total. The van der Waals surface area contributed by atoms with Crippen molar-refractivity contribution in [3.8, 4) is 0 Å². The Balaban J connectivity index is 2.00. The van der Waals surface area contributed by atoms with Crippen LogP contribution in [0.5, 0.6) is 0 Å². The molecule has 0 aromatic carbocycles. The minimum Gasteiger partial charge on any atom is -0.380 e. The molecule has 2 aliphatic heterocycles. The third-order valence-corrected chi connectivity index (χ3v) is 7.54. The predicted octanol–water partition coefficient (Wildman–Crippen LogP) is 1.91. The van der Waals surface area contributed by atoms with Crippen molar-refractivity contribution in [2.24, 2.45) is 0 Å². The Morgan fingerprint density at radius 1 is 0.870 bits per heavy atom. The van der Waals surface area contributed by atoms with E-state index in [1.54, 1.807) is 0 Å². The van der Waals surface area contributed by atoms with Gasteiger partial charge in [-0.05, 0) is 33.6 Å². The topological polar surface area (TPSA) is 49.4 Å². The van der Waals surface area contributed by atoms with Gasteiger partial charge in [0.15, 0.2) is 0 Å². The number of ether oxygens (including phenoxy) is 2. The lowest BCUT2D eigenvalue weighted by Crippen LogP contribution is -2.51. The van der Waals surface area contributed by atoms with Gasteiger partial charge < -0.3 is 22.8 Å².